The number of sulfonamides is 1. The number of aryl methyl sites for hydroxylation is 2. The first-order chi connectivity index (χ1) is 14.2. The van der Waals surface area contributed by atoms with Crippen LogP contribution in [0.2, 0.25) is 0 Å². The lowest BCUT2D eigenvalue weighted by atomic mass is 10.1. The molecule has 1 saturated heterocycles. The molecule has 2 heterocycles. The van der Waals surface area contributed by atoms with Crippen LogP contribution in [0, 0.1) is 13.8 Å². The first kappa shape index (κ1) is 20.6. The van der Waals surface area contributed by atoms with Crippen LogP contribution >= 0.6 is 11.3 Å². The van der Waals surface area contributed by atoms with Crippen molar-refractivity contribution in [2.24, 2.45) is 0 Å². The minimum atomic E-state index is -3.81. The maximum Gasteiger partial charge on any atom is 0.308 e. The van der Waals surface area contributed by atoms with Crippen molar-refractivity contribution in [3.8, 4) is 0 Å². The predicted molar refractivity (Wildman–Crippen MR) is 119 cm³/mol. The van der Waals surface area contributed by atoms with Crippen molar-refractivity contribution in [1.82, 2.24) is 9.47 Å². The topological polar surface area (TPSA) is 88.5 Å². The van der Waals surface area contributed by atoms with Crippen molar-refractivity contribution in [3.63, 3.8) is 0 Å². The van der Waals surface area contributed by atoms with Crippen LogP contribution in [0.25, 0.3) is 10.2 Å². The van der Waals surface area contributed by atoms with E-state index in [1.807, 2.05) is 19.9 Å². The lowest BCUT2D eigenvalue weighted by molar-refractivity contribution is -0.130. The number of amides is 1. The number of carbonyl (C=O) groups is 1. The number of carbonyl (C=O) groups excluding carboxylic acids is 1. The van der Waals surface area contributed by atoms with Gasteiger partial charge in [-0.1, -0.05) is 17.4 Å². The van der Waals surface area contributed by atoms with Gasteiger partial charge in [0, 0.05) is 18.8 Å². The van der Waals surface area contributed by atoms with Crippen LogP contribution in [-0.2, 0) is 21.4 Å². The van der Waals surface area contributed by atoms with Crippen molar-refractivity contribution in [2.45, 2.75) is 38.1 Å². The summed E-state index contributed by atoms with van der Waals surface area (Å²) in [6.45, 7) is 5.23. The van der Waals surface area contributed by atoms with Crippen LogP contribution in [0.3, 0.4) is 0 Å². The highest BCUT2D eigenvalue weighted by atomic mass is 32.2. The average Bonchev–Trinajstić information content (AvgIpc) is 3.28. The van der Waals surface area contributed by atoms with Crippen LogP contribution in [0.15, 0.2) is 46.1 Å². The van der Waals surface area contributed by atoms with E-state index in [1.165, 1.54) is 16.7 Å². The Hall–Kier alpha value is -2.65. The number of anilines is 1. The molecular formula is C21H23N3O4S2. The number of aromatic nitrogens is 1. The highest BCUT2D eigenvalue weighted by Crippen LogP contribution is 2.24. The Bertz CT molecular complexity index is 1270. The monoisotopic (exact) mass is 445 g/mol. The summed E-state index contributed by atoms with van der Waals surface area (Å²) in [6, 6.07) is 10.1. The van der Waals surface area contributed by atoms with Gasteiger partial charge in [-0.25, -0.2) is 8.42 Å². The second-order valence-corrected chi connectivity index (χ2v) is 10.3. The molecule has 0 aliphatic carbocycles. The van der Waals surface area contributed by atoms with Crippen molar-refractivity contribution in [1.29, 1.82) is 0 Å². The number of benzene rings is 2. The van der Waals surface area contributed by atoms with E-state index < -0.39 is 10.0 Å². The van der Waals surface area contributed by atoms with E-state index >= 15 is 0 Å². The molecular weight excluding hydrogens is 422 g/mol. The van der Waals surface area contributed by atoms with E-state index in [2.05, 4.69) is 4.72 Å². The van der Waals surface area contributed by atoms with Crippen LogP contribution in [0.1, 0.15) is 24.0 Å². The Morgan fingerprint density at radius 2 is 1.73 bits per heavy atom. The molecule has 1 aromatic heterocycles. The third kappa shape index (κ3) is 4.13. The molecule has 0 saturated carbocycles. The second-order valence-electron chi connectivity index (χ2n) is 7.65. The van der Waals surface area contributed by atoms with E-state index in [0.717, 1.165) is 48.4 Å². The van der Waals surface area contributed by atoms with Gasteiger partial charge in [-0.2, -0.15) is 0 Å². The molecule has 1 N–H and O–H groups in total. The Morgan fingerprint density at radius 1 is 1.07 bits per heavy atom. The van der Waals surface area contributed by atoms with E-state index in [4.69, 9.17) is 0 Å². The molecule has 9 heteroatoms. The average molecular weight is 446 g/mol. The molecule has 4 rings (SSSR count). The third-order valence-corrected chi connectivity index (χ3v) is 7.50. The summed E-state index contributed by atoms with van der Waals surface area (Å²) in [4.78, 5) is 26.5. The van der Waals surface area contributed by atoms with E-state index in [9.17, 15) is 18.0 Å². The zero-order chi connectivity index (χ0) is 21.5. The molecule has 0 radical (unpaired) electrons. The summed E-state index contributed by atoms with van der Waals surface area (Å²) in [7, 11) is -3.81. The van der Waals surface area contributed by atoms with Crippen LogP contribution in [0.4, 0.5) is 5.69 Å². The van der Waals surface area contributed by atoms with E-state index in [0.29, 0.717) is 15.9 Å². The first-order valence-corrected chi connectivity index (χ1v) is 12.1. The van der Waals surface area contributed by atoms with Crippen molar-refractivity contribution in [2.75, 3.05) is 17.8 Å². The van der Waals surface area contributed by atoms with Gasteiger partial charge < -0.3 is 4.90 Å². The number of hydrogen-bond donors (Lipinski definition) is 1. The molecule has 1 aliphatic rings. The lowest BCUT2D eigenvalue weighted by Gasteiger charge is -2.15. The zero-order valence-electron chi connectivity index (χ0n) is 16.8. The quantitative estimate of drug-likeness (QED) is 0.654. The van der Waals surface area contributed by atoms with Gasteiger partial charge in [0.1, 0.15) is 6.54 Å². The molecule has 7 nitrogen and oxygen atoms in total. The number of rotatable bonds is 5. The molecule has 0 unspecified atom stereocenters. The van der Waals surface area contributed by atoms with Crippen molar-refractivity contribution >= 4 is 43.2 Å². The van der Waals surface area contributed by atoms with E-state index in [-0.39, 0.29) is 22.2 Å². The molecule has 158 valence electrons. The molecule has 1 amide bonds. The predicted octanol–water partition coefficient (Wildman–Crippen LogP) is 3.10. The van der Waals surface area contributed by atoms with Gasteiger partial charge in [-0.15, -0.1) is 0 Å². The fourth-order valence-electron chi connectivity index (χ4n) is 3.81. The molecule has 2 aromatic carbocycles. The molecule has 0 atom stereocenters. The fraction of sp³-hybridized carbons (Fsp3) is 0.333. The van der Waals surface area contributed by atoms with Gasteiger partial charge >= 0.3 is 4.87 Å². The summed E-state index contributed by atoms with van der Waals surface area (Å²) in [5, 5.41) is 0. The van der Waals surface area contributed by atoms with Crippen molar-refractivity contribution in [3.05, 3.63) is 57.2 Å². The molecule has 1 fully saturated rings. The number of hydrogen-bond acceptors (Lipinski definition) is 5. The Balaban J connectivity index is 1.63. The smallest absolute Gasteiger partial charge is 0.308 e. The standard InChI is InChI=1S/C21H23N3O4S2/c1-14-9-15(2)11-16(10-14)22-30(27,28)17-5-6-18-19(12-17)29-21(26)24(18)13-20(25)23-7-3-4-8-23/h5-6,9-12,22H,3-4,7-8,13H2,1-2H3. The van der Waals surface area contributed by atoms with Crippen LogP contribution in [0.5, 0.6) is 0 Å². The number of nitrogens with one attached hydrogen (secondary N) is 1. The van der Waals surface area contributed by atoms with Crippen LogP contribution < -0.4 is 9.60 Å². The summed E-state index contributed by atoms with van der Waals surface area (Å²) in [6.07, 6.45) is 1.97. The molecule has 3 aromatic rings. The lowest BCUT2D eigenvalue weighted by Crippen LogP contribution is -2.33. The molecule has 30 heavy (non-hydrogen) atoms. The van der Waals surface area contributed by atoms with Gasteiger partial charge in [0.25, 0.3) is 10.0 Å². The number of nitrogens with zero attached hydrogens (tertiary/aromatic N) is 2. The maximum absolute atomic E-state index is 12.9. The highest BCUT2D eigenvalue weighted by molar-refractivity contribution is 7.92. The second kappa shape index (κ2) is 7.88. The van der Waals surface area contributed by atoms with Crippen LogP contribution in [-0.4, -0.2) is 36.9 Å². The minimum Gasteiger partial charge on any atom is -0.341 e. The summed E-state index contributed by atoms with van der Waals surface area (Å²) in [5.41, 5.74) is 2.99. The molecule has 1 aliphatic heterocycles. The van der Waals surface area contributed by atoms with Gasteiger partial charge in [0.15, 0.2) is 0 Å². The molecule has 0 bridgehead atoms. The highest BCUT2D eigenvalue weighted by Gasteiger charge is 2.21. The first-order valence-electron chi connectivity index (χ1n) is 9.75. The number of likely N-dealkylation sites (tertiary alicyclic amines) is 1. The number of fused-ring (bicyclic) bond motifs is 1. The fourth-order valence-corrected chi connectivity index (χ4v) is 5.88. The normalized spacial score (nSPS) is 14.4. The van der Waals surface area contributed by atoms with Gasteiger partial charge in [-0.3, -0.25) is 18.9 Å². The zero-order valence-corrected chi connectivity index (χ0v) is 18.5. The van der Waals surface area contributed by atoms with Gasteiger partial charge in [0.2, 0.25) is 5.91 Å². The van der Waals surface area contributed by atoms with E-state index in [1.54, 1.807) is 23.1 Å². The van der Waals surface area contributed by atoms with Gasteiger partial charge in [-0.05, 0) is 68.1 Å². The minimum absolute atomic E-state index is 0.0221. The summed E-state index contributed by atoms with van der Waals surface area (Å²) < 4.78 is 30.3. The molecule has 0 spiro atoms. The Morgan fingerprint density at radius 3 is 2.40 bits per heavy atom. The third-order valence-electron chi connectivity index (χ3n) is 5.18. The van der Waals surface area contributed by atoms with Gasteiger partial charge in [0.05, 0.1) is 15.1 Å². The summed E-state index contributed by atoms with van der Waals surface area (Å²) >= 11 is 0.949. The Labute approximate surface area is 179 Å². The van der Waals surface area contributed by atoms with Crippen molar-refractivity contribution < 1.29 is 13.2 Å². The number of thiazole rings is 1. The maximum atomic E-state index is 12.9. The summed E-state index contributed by atoms with van der Waals surface area (Å²) in [5.74, 6) is -0.0810. The Kier molecular flexibility index (Phi) is 5.42. The largest absolute Gasteiger partial charge is 0.341 e. The SMILES string of the molecule is Cc1cc(C)cc(NS(=O)(=O)c2ccc3c(c2)sc(=O)n3CC(=O)N2CCCC2)c1.